The lowest BCUT2D eigenvalue weighted by Crippen LogP contribution is -2.61. The van der Waals surface area contributed by atoms with Gasteiger partial charge in [0.2, 0.25) is 0 Å². The van der Waals surface area contributed by atoms with E-state index in [1.807, 2.05) is 0 Å². The van der Waals surface area contributed by atoms with E-state index in [0.717, 1.165) is 83.5 Å². The standard InChI is InChI=1S/C46H76O14/c1-3-5-7-9-10-11-12-13-14-15-16-17-18-19-20-21-22-23-24-25-26-28-30-55-32-35(58-38(48)29-27-8-6-4-2)33-56-45-44(54)42(52)40(50)37(60-45)34-57-46-43(53)41(51)39(49)36(31-47)59-46/h5,7,10-11,13-14,16-17,19-20,22-23,35-37,39-47,49-54H,3-4,6,8-9,12,15,18,21,24-34H2,1-2H3/b7-5-,11-10-,14-13-,17-16-,20-19-,23-22-. The molecule has 2 saturated heterocycles. The van der Waals surface area contributed by atoms with Crippen molar-refractivity contribution in [3.63, 3.8) is 0 Å². The Bertz CT molecular complexity index is 1270. The average molecular weight is 853 g/mol. The van der Waals surface area contributed by atoms with E-state index in [-0.39, 0.29) is 19.6 Å². The van der Waals surface area contributed by atoms with Crippen LogP contribution in [0.15, 0.2) is 72.9 Å². The third kappa shape index (κ3) is 22.5. The predicted molar refractivity (Wildman–Crippen MR) is 228 cm³/mol. The van der Waals surface area contributed by atoms with Crippen molar-refractivity contribution in [2.24, 2.45) is 0 Å². The van der Waals surface area contributed by atoms with Crippen molar-refractivity contribution in [3.05, 3.63) is 72.9 Å². The van der Waals surface area contributed by atoms with Gasteiger partial charge < -0.3 is 64.2 Å². The van der Waals surface area contributed by atoms with Crippen LogP contribution in [0.1, 0.15) is 110 Å². The van der Waals surface area contributed by atoms with E-state index >= 15 is 0 Å². The van der Waals surface area contributed by atoms with Crippen LogP contribution in [0.2, 0.25) is 0 Å². The first-order valence-corrected chi connectivity index (χ1v) is 22.0. The Labute approximate surface area is 357 Å². The van der Waals surface area contributed by atoms with E-state index in [1.165, 1.54) is 0 Å². The predicted octanol–water partition coefficient (Wildman–Crippen LogP) is 4.78. The minimum Gasteiger partial charge on any atom is -0.457 e. The Morgan fingerprint density at radius 3 is 1.65 bits per heavy atom. The summed E-state index contributed by atoms with van der Waals surface area (Å²) in [5, 5.41) is 71.6. The van der Waals surface area contributed by atoms with E-state index in [2.05, 4.69) is 86.8 Å². The Balaban J connectivity index is 1.72. The maximum Gasteiger partial charge on any atom is 0.306 e. The number of hydrogen-bond donors (Lipinski definition) is 7. The van der Waals surface area contributed by atoms with Crippen molar-refractivity contribution in [2.75, 3.05) is 33.0 Å². The number of carbonyl (C=O) groups excluding carboxylic acids is 1. The molecule has 0 aromatic rings. The average Bonchev–Trinajstić information content (AvgIpc) is 3.24. The van der Waals surface area contributed by atoms with Crippen LogP contribution in [0.25, 0.3) is 0 Å². The highest BCUT2D eigenvalue weighted by atomic mass is 16.7. The molecule has 344 valence electrons. The van der Waals surface area contributed by atoms with Crippen LogP contribution in [0.3, 0.4) is 0 Å². The molecule has 7 N–H and O–H groups in total. The van der Waals surface area contributed by atoms with Gasteiger partial charge in [0.05, 0.1) is 26.4 Å². The normalized spacial score (nSPS) is 28.4. The van der Waals surface area contributed by atoms with Crippen molar-refractivity contribution in [3.8, 4) is 0 Å². The van der Waals surface area contributed by atoms with E-state index in [0.29, 0.717) is 13.0 Å². The van der Waals surface area contributed by atoms with E-state index in [4.69, 9.17) is 28.4 Å². The fourth-order valence-corrected chi connectivity index (χ4v) is 6.34. The topological polar surface area (TPSA) is 214 Å². The number of carbonyl (C=O) groups is 1. The Morgan fingerprint density at radius 2 is 1.08 bits per heavy atom. The first-order valence-electron chi connectivity index (χ1n) is 22.0. The highest BCUT2D eigenvalue weighted by Crippen LogP contribution is 2.26. The van der Waals surface area contributed by atoms with Crippen LogP contribution in [0, 0.1) is 0 Å². The first kappa shape index (κ1) is 53.6. The van der Waals surface area contributed by atoms with Crippen molar-refractivity contribution < 1.29 is 69.0 Å². The summed E-state index contributed by atoms with van der Waals surface area (Å²) in [7, 11) is 0. The zero-order valence-electron chi connectivity index (χ0n) is 35.9. The third-order valence-electron chi connectivity index (χ3n) is 9.98. The van der Waals surface area contributed by atoms with E-state index in [1.54, 1.807) is 0 Å². The molecule has 2 aliphatic rings. The van der Waals surface area contributed by atoms with Crippen LogP contribution in [-0.4, -0.2) is 142 Å². The van der Waals surface area contributed by atoms with Gasteiger partial charge in [0, 0.05) is 13.0 Å². The van der Waals surface area contributed by atoms with Gasteiger partial charge in [0.25, 0.3) is 0 Å². The summed E-state index contributed by atoms with van der Waals surface area (Å²) in [5.41, 5.74) is 0. The zero-order valence-corrected chi connectivity index (χ0v) is 35.9. The molecule has 0 bridgehead atoms. The van der Waals surface area contributed by atoms with Crippen molar-refractivity contribution in [1.82, 2.24) is 0 Å². The fourth-order valence-electron chi connectivity index (χ4n) is 6.34. The summed E-state index contributed by atoms with van der Waals surface area (Å²) in [4.78, 5) is 12.7. The quantitative estimate of drug-likeness (QED) is 0.0276. The molecule has 0 aromatic heterocycles. The van der Waals surface area contributed by atoms with Gasteiger partial charge in [0.15, 0.2) is 12.6 Å². The van der Waals surface area contributed by atoms with E-state index < -0.39 is 86.7 Å². The number of esters is 1. The van der Waals surface area contributed by atoms with Crippen LogP contribution >= 0.6 is 0 Å². The van der Waals surface area contributed by atoms with Crippen molar-refractivity contribution in [2.45, 2.75) is 178 Å². The highest BCUT2D eigenvalue weighted by Gasteiger charge is 2.47. The minimum atomic E-state index is -1.71. The Kier molecular flexibility index (Phi) is 30.3. The lowest BCUT2D eigenvalue weighted by Gasteiger charge is -2.42. The van der Waals surface area contributed by atoms with Gasteiger partial charge in [-0.1, -0.05) is 112 Å². The Hall–Kier alpha value is -2.57. The van der Waals surface area contributed by atoms with Crippen molar-refractivity contribution >= 4 is 5.97 Å². The molecule has 0 saturated carbocycles. The summed E-state index contributed by atoms with van der Waals surface area (Å²) >= 11 is 0. The van der Waals surface area contributed by atoms with Gasteiger partial charge >= 0.3 is 5.97 Å². The fraction of sp³-hybridized carbons (Fsp3) is 0.717. The molecule has 0 aliphatic carbocycles. The number of aliphatic hydroxyl groups excluding tert-OH is 7. The second kappa shape index (κ2) is 34.0. The number of allylic oxidation sites excluding steroid dienone is 12. The maximum atomic E-state index is 12.7. The molecule has 14 heteroatoms. The molecule has 0 aromatic carbocycles. The summed E-state index contributed by atoms with van der Waals surface area (Å²) in [6, 6.07) is 0. The van der Waals surface area contributed by atoms with Gasteiger partial charge in [-0.05, 0) is 64.2 Å². The number of rotatable bonds is 32. The molecule has 11 unspecified atom stereocenters. The van der Waals surface area contributed by atoms with Crippen LogP contribution < -0.4 is 0 Å². The number of ether oxygens (including phenoxy) is 6. The van der Waals surface area contributed by atoms with Gasteiger partial charge in [-0.3, -0.25) is 4.79 Å². The summed E-state index contributed by atoms with van der Waals surface area (Å²) in [6.45, 7) is 3.30. The van der Waals surface area contributed by atoms with Crippen molar-refractivity contribution in [1.29, 1.82) is 0 Å². The number of hydrogen-bond acceptors (Lipinski definition) is 14. The van der Waals surface area contributed by atoms with E-state index in [9.17, 15) is 40.5 Å². The summed E-state index contributed by atoms with van der Waals surface area (Å²) < 4.78 is 33.8. The summed E-state index contributed by atoms with van der Waals surface area (Å²) in [5.74, 6) is -0.411. The molecular formula is C46H76O14. The molecule has 2 fully saturated rings. The molecule has 2 rings (SSSR count). The van der Waals surface area contributed by atoms with Gasteiger partial charge in [-0.2, -0.15) is 0 Å². The van der Waals surface area contributed by atoms with Crippen LogP contribution in [-0.2, 0) is 33.2 Å². The number of aliphatic hydroxyl groups is 7. The lowest BCUT2D eigenvalue weighted by molar-refractivity contribution is -0.332. The molecule has 0 radical (unpaired) electrons. The third-order valence-corrected chi connectivity index (χ3v) is 9.98. The van der Waals surface area contributed by atoms with Gasteiger partial charge in [-0.25, -0.2) is 0 Å². The van der Waals surface area contributed by atoms with Crippen LogP contribution in [0.5, 0.6) is 0 Å². The molecule has 14 nitrogen and oxygen atoms in total. The number of unbranched alkanes of at least 4 members (excludes halogenated alkanes) is 6. The minimum absolute atomic E-state index is 0.0332. The highest BCUT2D eigenvalue weighted by molar-refractivity contribution is 5.69. The SMILES string of the molecule is CC/C=C\C/C=C\C/C=C\C/C=C\C/C=C\C/C=C\CCCCCOCC(COC1OC(COC2OC(CO)C(O)C(O)C2O)C(O)C(O)C1O)OC(=O)CCCCCC. The molecule has 2 heterocycles. The molecule has 60 heavy (non-hydrogen) atoms. The zero-order chi connectivity index (χ0) is 43.8. The molecular weight excluding hydrogens is 776 g/mol. The second-order valence-corrected chi connectivity index (χ2v) is 15.1. The smallest absolute Gasteiger partial charge is 0.306 e. The monoisotopic (exact) mass is 853 g/mol. The van der Waals surface area contributed by atoms with Gasteiger partial charge in [0.1, 0.15) is 54.9 Å². The molecule has 2 aliphatic heterocycles. The van der Waals surface area contributed by atoms with Crippen LogP contribution in [0.4, 0.5) is 0 Å². The lowest BCUT2D eigenvalue weighted by atomic mass is 9.98. The summed E-state index contributed by atoms with van der Waals surface area (Å²) in [6.07, 6.45) is 23.4. The molecule has 0 amide bonds. The Morgan fingerprint density at radius 1 is 0.567 bits per heavy atom. The van der Waals surface area contributed by atoms with Gasteiger partial charge in [-0.15, -0.1) is 0 Å². The maximum absolute atomic E-state index is 12.7. The largest absolute Gasteiger partial charge is 0.457 e. The second-order valence-electron chi connectivity index (χ2n) is 15.1. The molecule has 11 atom stereocenters. The first-order chi connectivity index (χ1) is 29.1. The molecule has 0 spiro atoms.